The topological polar surface area (TPSA) is 90.7 Å². The minimum Gasteiger partial charge on any atom is -0.494 e. The van der Waals surface area contributed by atoms with Crippen molar-refractivity contribution >= 4 is 23.2 Å². The lowest BCUT2D eigenvalue weighted by atomic mass is 10.1. The van der Waals surface area contributed by atoms with Gasteiger partial charge in [0.15, 0.2) is 0 Å². The fourth-order valence-corrected chi connectivity index (χ4v) is 3.19. The number of ether oxygens (including phenoxy) is 2. The maximum absolute atomic E-state index is 12.5. The van der Waals surface area contributed by atoms with E-state index in [4.69, 9.17) is 21.1 Å². The van der Waals surface area contributed by atoms with Crippen LogP contribution in [0.15, 0.2) is 30.3 Å². The number of nitro groups is 1. The molecular weight excluding hydrogens is 372 g/mol. The van der Waals surface area contributed by atoms with Crippen molar-refractivity contribution in [3.63, 3.8) is 0 Å². The van der Waals surface area contributed by atoms with E-state index in [1.807, 2.05) is 26.0 Å². The Morgan fingerprint density at radius 3 is 2.89 bits per heavy atom. The lowest BCUT2D eigenvalue weighted by Crippen LogP contribution is -2.24. The third kappa shape index (κ3) is 4.14. The standard InChI is InChI=1S/C19H19ClN2O5/c1-3-26-17-7-12-6-11(2)27-18(12)8-13(17)10-21-19(23)15-5-4-14(20)9-16(15)22(24)25/h4-5,7-9,11H,3,6,10H2,1-2H3,(H,21,23)/t11-/m1/s1. The molecule has 8 heteroatoms. The summed E-state index contributed by atoms with van der Waals surface area (Å²) in [6.45, 7) is 4.50. The highest BCUT2D eigenvalue weighted by molar-refractivity contribution is 6.31. The normalized spacial score (nSPS) is 15.0. The Morgan fingerprint density at radius 2 is 2.19 bits per heavy atom. The summed E-state index contributed by atoms with van der Waals surface area (Å²) in [5.74, 6) is 0.878. The molecule has 0 saturated carbocycles. The van der Waals surface area contributed by atoms with Gasteiger partial charge in [-0.2, -0.15) is 0 Å². The van der Waals surface area contributed by atoms with Crippen molar-refractivity contribution in [3.8, 4) is 11.5 Å². The molecule has 1 N–H and O–H groups in total. The van der Waals surface area contributed by atoms with Gasteiger partial charge in [0.25, 0.3) is 11.6 Å². The molecule has 1 atom stereocenters. The van der Waals surface area contributed by atoms with Gasteiger partial charge in [0.05, 0.1) is 11.5 Å². The molecule has 0 aromatic heterocycles. The van der Waals surface area contributed by atoms with Crippen molar-refractivity contribution in [1.29, 1.82) is 0 Å². The van der Waals surface area contributed by atoms with Crippen LogP contribution in [-0.4, -0.2) is 23.5 Å². The number of carbonyl (C=O) groups excluding carboxylic acids is 1. The molecule has 2 aromatic rings. The van der Waals surface area contributed by atoms with E-state index in [2.05, 4.69) is 5.32 Å². The minimum absolute atomic E-state index is 0.0478. The van der Waals surface area contributed by atoms with Crippen molar-refractivity contribution in [3.05, 3.63) is 62.2 Å². The summed E-state index contributed by atoms with van der Waals surface area (Å²) in [6, 6.07) is 7.72. The van der Waals surface area contributed by atoms with Gasteiger partial charge in [0.1, 0.15) is 23.2 Å². The van der Waals surface area contributed by atoms with Crippen LogP contribution in [0.2, 0.25) is 5.02 Å². The number of nitrogens with zero attached hydrogens (tertiary/aromatic N) is 1. The first-order valence-corrected chi connectivity index (χ1v) is 8.94. The minimum atomic E-state index is -0.628. The number of fused-ring (bicyclic) bond motifs is 1. The SMILES string of the molecule is CCOc1cc2c(cc1CNC(=O)c1ccc(Cl)cc1[N+](=O)[O-])O[C@H](C)C2. The average Bonchev–Trinajstić information content (AvgIpc) is 2.98. The molecular formula is C19H19ClN2O5. The Bertz CT molecular complexity index is 900. The van der Waals surface area contributed by atoms with Crippen molar-refractivity contribution in [2.45, 2.75) is 32.9 Å². The van der Waals surface area contributed by atoms with Crippen molar-refractivity contribution < 1.29 is 19.2 Å². The van der Waals surface area contributed by atoms with Gasteiger partial charge in [-0.25, -0.2) is 0 Å². The van der Waals surface area contributed by atoms with Gasteiger partial charge in [0, 0.05) is 35.2 Å². The summed E-state index contributed by atoms with van der Waals surface area (Å²) in [4.78, 5) is 23.0. The first kappa shape index (κ1) is 19.0. The molecule has 0 fully saturated rings. The first-order valence-electron chi connectivity index (χ1n) is 8.56. The van der Waals surface area contributed by atoms with E-state index in [0.717, 1.165) is 29.4 Å². The Labute approximate surface area is 161 Å². The molecule has 2 aromatic carbocycles. The quantitative estimate of drug-likeness (QED) is 0.596. The Hall–Kier alpha value is -2.80. The van der Waals surface area contributed by atoms with Crippen LogP contribution >= 0.6 is 11.6 Å². The molecule has 27 heavy (non-hydrogen) atoms. The second-order valence-electron chi connectivity index (χ2n) is 6.23. The molecule has 0 unspecified atom stereocenters. The molecule has 7 nitrogen and oxygen atoms in total. The molecule has 1 aliphatic rings. The van der Waals surface area contributed by atoms with Crippen LogP contribution in [0.5, 0.6) is 11.5 Å². The molecule has 1 heterocycles. The van der Waals surface area contributed by atoms with E-state index >= 15 is 0 Å². The number of carbonyl (C=O) groups is 1. The van der Waals surface area contributed by atoms with Gasteiger partial charge in [-0.1, -0.05) is 11.6 Å². The second-order valence-corrected chi connectivity index (χ2v) is 6.67. The molecule has 0 spiro atoms. The maximum atomic E-state index is 12.5. The number of hydrogen-bond acceptors (Lipinski definition) is 5. The molecule has 0 saturated heterocycles. The van der Waals surface area contributed by atoms with Crippen LogP contribution < -0.4 is 14.8 Å². The fourth-order valence-electron chi connectivity index (χ4n) is 3.03. The van der Waals surface area contributed by atoms with Gasteiger partial charge in [-0.15, -0.1) is 0 Å². The number of benzene rings is 2. The highest BCUT2D eigenvalue weighted by Gasteiger charge is 2.23. The molecule has 142 valence electrons. The number of nitrogens with one attached hydrogen (secondary N) is 1. The van der Waals surface area contributed by atoms with Gasteiger partial charge in [-0.3, -0.25) is 14.9 Å². The number of nitro benzene ring substituents is 1. The fraction of sp³-hybridized carbons (Fsp3) is 0.316. The van der Waals surface area contributed by atoms with Crippen molar-refractivity contribution in [1.82, 2.24) is 5.32 Å². The molecule has 3 rings (SSSR count). The van der Waals surface area contributed by atoms with E-state index in [9.17, 15) is 14.9 Å². The summed E-state index contributed by atoms with van der Waals surface area (Å²) in [5, 5.41) is 14.1. The third-order valence-electron chi connectivity index (χ3n) is 4.22. The van der Waals surface area contributed by atoms with Crippen LogP contribution in [0.1, 0.15) is 35.3 Å². The van der Waals surface area contributed by atoms with Crippen LogP contribution in [0.25, 0.3) is 0 Å². The van der Waals surface area contributed by atoms with Gasteiger partial charge in [0.2, 0.25) is 0 Å². The van der Waals surface area contributed by atoms with Crippen LogP contribution in [0.4, 0.5) is 5.69 Å². The predicted molar refractivity (Wildman–Crippen MR) is 101 cm³/mol. The van der Waals surface area contributed by atoms with Crippen LogP contribution in [0, 0.1) is 10.1 Å². The lowest BCUT2D eigenvalue weighted by Gasteiger charge is -2.13. The number of rotatable bonds is 6. The molecule has 0 aliphatic carbocycles. The summed E-state index contributed by atoms with van der Waals surface area (Å²) in [6.07, 6.45) is 0.898. The van der Waals surface area contributed by atoms with Gasteiger partial charge < -0.3 is 14.8 Å². The number of hydrogen-bond donors (Lipinski definition) is 1. The highest BCUT2D eigenvalue weighted by atomic mass is 35.5. The van der Waals surface area contributed by atoms with Gasteiger partial charge >= 0.3 is 0 Å². The zero-order valence-electron chi connectivity index (χ0n) is 15.0. The van der Waals surface area contributed by atoms with E-state index in [-0.39, 0.29) is 28.9 Å². The Balaban J connectivity index is 1.82. The Kier molecular flexibility index (Phi) is 5.51. The van der Waals surface area contributed by atoms with E-state index in [1.54, 1.807) is 0 Å². The maximum Gasteiger partial charge on any atom is 0.283 e. The second kappa shape index (κ2) is 7.84. The Morgan fingerprint density at radius 1 is 1.41 bits per heavy atom. The summed E-state index contributed by atoms with van der Waals surface area (Å²) < 4.78 is 11.4. The zero-order valence-corrected chi connectivity index (χ0v) is 15.7. The van der Waals surface area contributed by atoms with E-state index in [1.165, 1.54) is 12.1 Å². The lowest BCUT2D eigenvalue weighted by molar-refractivity contribution is -0.385. The molecule has 1 amide bonds. The predicted octanol–water partition coefficient (Wildman–Crippen LogP) is 3.90. The third-order valence-corrected chi connectivity index (χ3v) is 4.45. The molecule has 0 bridgehead atoms. The molecule has 0 radical (unpaired) electrons. The van der Waals surface area contributed by atoms with Crippen LogP contribution in [-0.2, 0) is 13.0 Å². The number of amides is 1. The smallest absolute Gasteiger partial charge is 0.283 e. The number of halogens is 1. The average molecular weight is 391 g/mol. The van der Waals surface area contributed by atoms with E-state index in [0.29, 0.717) is 12.4 Å². The summed E-state index contributed by atoms with van der Waals surface area (Å²) in [5.41, 5.74) is 1.42. The van der Waals surface area contributed by atoms with Crippen molar-refractivity contribution in [2.24, 2.45) is 0 Å². The largest absolute Gasteiger partial charge is 0.494 e. The van der Waals surface area contributed by atoms with Gasteiger partial charge in [-0.05, 0) is 38.1 Å². The summed E-state index contributed by atoms with van der Waals surface area (Å²) in [7, 11) is 0. The monoisotopic (exact) mass is 390 g/mol. The summed E-state index contributed by atoms with van der Waals surface area (Å²) >= 11 is 5.79. The molecule has 1 aliphatic heterocycles. The zero-order chi connectivity index (χ0) is 19.6. The van der Waals surface area contributed by atoms with E-state index < -0.39 is 10.8 Å². The van der Waals surface area contributed by atoms with Crippen molar-refractivity contribution in [2.75, 3.05) is 6.61 Å². The first-order chi connectivity index (χ1) is 12.9. The highest BCUT2D eigenvalue weighted by Crippen LogP contribution is 2.35. The van der Waals surface area contributed by atoms with Crippen LogP contribution in [0.3, 0.4) is 0 Å².